The Hall–Kier alpha value is -1.15. The lowest BCUT2D eigenvalue weighted by atomic mass is 9.99. The zero-order chi connectivity index (χ0) is 15.7. The number of hydrogen-bond donors (Lipinski definition) is 1. The molecular formula is C13H21NO6S. The van der Waals surface area contributed by atoms with Gasteiger partial charge in [0.05, 0.1) is 23.7 Å². The van der Waals surface area contributed by atoms with Crippen molar-refractivity contribution in [3.05, 3.63) is 0 Å². The molecule has 0 aromatic heterocycles. The second-order valence-electron chi connectivity index (χ2n) is 5.68. The lowest BCUT2D eigenvalue weighted by molar-refractivity contribution is -0.143. The Kier molecular flexibility index (Phi) is 4.57. The van der Waals surface area contributed by atoms with Crippen LogP contribution >= 0.6 is 0 Å². The number of carboxylic acids is 1. The van der Waals surface area contributed by atoms with Crippen LogP contribution in [0.25, 0.3) is 0 Å². The summed E-state index contributed by atoms with van der Waals surface area (Å²) in [5, 5.41) is 8.95. The molecule has 1 aliphatic heterocycles. The fourth-order valence-corrected chi connectivity index (χ4v) is 4.91. The SMILES string of the molecule is CCOC(=O)CC1(S(=O)(=O)N2CCC(C(=O)O)CC2)CC1. The number of rotatable bonds is 6. The van der Waals surface area contributed by atoms with E-state index in [0.29, 0.717) is 25.7 Å². The standard InChI is InChI=1S/C13H21NO6S/c1-2-20-11(15)9-13(5-6-13)21(18,19)14-7-3-10(4-8-14)12(16)17/h10H,2-9H2,1H3,(H,16,17). The molecule has 1 saturated heterocycles. The minimum atomic E-state index is -3.57. The van der Waals surface area contributed by atoms with Crippen LogP contribution in [-0.4, -0.2) is 54.2 Å². The molecule has 0 aromatic rings. The third-order valence-electron chi connectivity index (χ3n) is 4.27. The highest BCUT2D eigenvalue weighted by Crippen LogP contribution is 2.48. The maximum absolute atomic E-state index is 12.7. The highest BCUT2D eigenvalue weighted by atomic mass is 32.2. The van der Waals surface area contributed by atoms with Crippen molar-refractivity contribution in [1.29, 1.82) is 0 Å². The Labute approximate surface area is 124 Å². The first-order valence-electron chi connectivity index (χ1n) is 7.20. The molecule has 2 rings (SSSR count). The van der Waals surface area contributed by atoms with Gasteiger partial charge < -0.3 is 9.84 Å². The van der Waals surface area contributed by atoms with Crippen LogP contribution in [0.15, 0.2) is 0 Å². The zero-order valence-electron chi connectivity index (χ0n) is 12.1. The van der Waals surface area contributed by atoms with Crippen LogP contribution in [0, 0.1) is 5.92 Å². The maximum atomic E-state index is 12.7. The number of hydrogen-bond acceptors (Lipinski definition) is 5. The molecule has 21 heavy (non-hydrogen) atoms. The van der Waals surface area contributed by atoms with E-state index >= 15 is 0 Å². The van der Waals surface area contributed by atoms with Gasteiger partial charge in [0, 0.05) is 13.1 Å². The number of aliphatic carboxylic acids is 1. The lowest BCUT2D eigenvalue weighted by Gasteiger charge is -2.32. The Morgan fingerprint density at radius 3 is 2.29 bits per heavy atom. The minimum absolute atomic E-state index is 0.109. The van der Waals surface area contributed by atoms with Crippen LogP contribution in [-0.2, 0) is 24.3 Å². The largest absolute Gasteiger partial charge is 0.481 e. The molecule has 0 aromatic carbocycles. The summed E-state index contributed by atoms with van der Waals surface area (Å²) in [6.07, 6.45) is 1.47. The summed E-state index contributed by atoms with van der Waals surface area (Å²) in [5.41, 5.74) is 0. The molecule has 1 aliphatic carbocycles. The van der Waals surface area contributed by atoms with E-state index in [1.807, 2.05) is 0 Å². The summed E-state index contributed by atoms with van der Waals surface area (Å²) < 4.78 is 30.5. The zero-order valence-corrected chi connectivity index (χ0v) is 12.9. The van der Waals surface area contributed by atoms with Gasteiger partial charge in [-0.05, 0) is 32.6 Å². The van der Waals surface area contributed by atoms with Gasteiger partial charge in [-0.25, -0.2) is 12.7 Å². The van der Waals surface area contributed by atoms with Gasteiger partial charge in [0.15, 0.2) is 0 Å². The molecule has 0 bridgehead atoms. The number of ether oxygens (including phenoxy) is 1. The number of nitrogens with zero attached hydrogens (tertiary/aromatic N) is 1. The molecule has 0 atom stereocenters. The molecule has 8 heteroatoms. The first-order chi connectivity index (χ1) is 9.82. The van der Waals surface area contributed by atoms with E-state index in [2.05, 4.69) is 0 Å². The molecule has 7 nitrogen and oxygen atoms in total. The number of carboxylic acid groups (broad SMARTS) is 1. The summed E-state index contributed by atoms with van der Waals surface area (Å²) in [6, 6.07) is 0. The van der Waals surface area contributed by atoms with Crippen molar-refractivity contribution in [2.24, 2.45) is 5.92 Å². The highest BCUT2D eigenvalue weighted by molar-refractivity contribution is 7.90. The quantitative estimate of drug-likeness (QED) is 0.719. The fourth-order valence-electron chi connectivity index (χ4n) is 2.76. The molecule has 0 spiro atoms. The Balaban J connectivity index is 2.02. The van der Waals surface area contributed by atoms with E-state index in [1.165, 1.54) is 4.31 Å². The van der Waals surface area contributed by atoms with Crippen molar-refractivity contribution in [3.63, 3.8) is 0 Å². The molecule has 1 N–H and O–H groups in total. The van der Waals surface area contributed by atoms with E-state index < -0.39 is 32.6 Å². The molecule has 1 saturated carbocycles. The highest BCUT2D eigenvalue weighted by Gasteiger charge is 2.58. The average molecular weight is 319 g/mol. The van der Waals surface area contributed by atoms with Gasteiger partial charge >= 0.3 is 11.9 Å². The third kappa shape index (κ3) is 3.21. The van der Waals surface area contributed by atoms with Crippen molar-refractivity contribution < 1.29 is 27.9 Å². The summed E-state index contributed by atoms with van der Waals surface area (Å²) in [7, 11) is -3.57. The molecule has 2 aliphatic rings. The van der Waals surface area contributed by atoms with E-state index in [4.69, 9.17) is 9.84 Å². The van der Waals surface area contributed by atoms with E-state index in [1.54, 1.807) is 6.92 Å². The fraction of sp³-hybridized carbons (Fsp3) is 0.846. The van der Waals surface area contributed by atoms with Gasteiger partial charge in [0.2, 0.25) is 10.0 Å². The van der Waals surface area contributed by atoms with Gasteiger partial charge in [-0.3, -0.25) is 9.59 Å². The monoisotopic (exact) mass is 319 g/mol. The predicted molar refractivity (Wildman–Crippen MR) is 74.1 cm³/mol. The van der Waals surface area contributed by atoms with Crippen LogP contribution in [0.3, 0.4) is 0 Å². The Morgan fingerprint density at radius 2 is 1.86 bits per heavy atom. The van der Waals surface area contributed by atoms with Crippen molar-refractivity contribution in [2.75, 3.05) is 19.7 Å². The van der Waals surface area contributed by atoms with Gasteiger partial charge in [-0.2, -0.15) is 0 Å². The molecule has 0 amide bonds. The molecule has 2 fully saturated rings. The van der Waals surface area contributed by atoms with Gasteiger partial charge in [-0.1, -0.05) is 0 Å². The summed E-state index contributed by atoms with van der Waals surface area (Å²) in [5.74, 6) is -1.84. The van der Waals surface area contributed by atoms with Crippen LogP contribution in [0.4, 0.5) is 0 Å². The predicted octanol–water partition coefficient (Wildman–Crippen LogP) is 0.599. The van der Waals surface area contributed by atoms with Crippen LogP contribution in [0.5, 0.6) is 0 Å². The average Bonchev–Trinajstić information content (AvgIpc) is 3.20. The molecular weight excluding hydrogens is 298 g/mol. The van der Waals surface area contributed by atoms with Crippen molar-refractivity contribution in [2.45, 2.75) is 43.8 Å². The number of carbonyl (C=O) groups excluding carboxylic acids is 1. The lowest BCUT2D eigenvalue weighted by Crippen LogP contribution is -2.46. The van der Waals surface area contributed by atoms with Crippen molar-refractivity contribution >= 4 is 22.0 Å². The second-order valence-corrected chi connectivity index (χ2v) is 8.01. The van der Waals surface area contributed by atoms with E-state index in [9.17, 15) is 18.0 Å². The van der Waals surface area contributed by atoms with Gasteiger partial charge in [0.25, 0.3) is 0 Å². The topological polar surface area (TPSA) is 101 Å². The molecule has 120 valence electrons. The summed E-state index contributed by atoms with van der Waals surface area (Å²) in [6.45, 7) is 2.34. The molecule has 1 heterocycles. The minimum Gasteiger partial charge on any atom is -0.481 e. The summed E-state index contributed by atoms with van der Waals surface area (Å²) >= 11 is 0. The smallest absolute Gasteiger partial charge is 0.307 e. The third-order valence-corrected chi connectivity index (χ3v) is 6.96. The number of esters is 1. The van der Waals surface area contributed by atoms with Crippen LogP contribution < -0.4 is 0 Å². The first kappa shape index (κ1) is 16.2. The second kappa shape index (κ2) is 5.92. The van der Waals surface area contributed by atoms with Crippen LogP contribution in [0.2, 0.25) is 0 Å². The normalized spacial score (nSPS) is 22.7. The first-order valence-corrected chi connectivity index (χ1v) is 8.64. The number of sulfonamides is 1. The molecule has 0 unspecified atom stereocenters. The Morgan fingerprint density at radius 1 is 1.29 bits per heavy atom. The molecule has 0 radical (unpaired) electrons. The van der Waals surface area contributed by atoms with Crippen molar-refractivity contribution in [1.82, 2.24) is 4.31 Å². The van der Waals surface area contributed by atoms with Crippen molar-refractivity contribution in [3.8, 4) is 0 Å². The van der Waals surface area contributed by atoms with E-state index in [-0.39, 0.29) is 26.1 Å². The van der Waals surface area contributed by atoms with Gasteiger partial charge in [-0.15, -0.1) is 0 Å². The number of piperidine rings is 1. The van der Waals surface area contributed by atoms with E-state index in [0.717, 1.165) is 0 Å². The Bertz CT molecular complexity index is 517. The van der Waals surface area contributed by atoms with Gasteiger partial charge in [0.1, 0.15) is 0 Å². The number of carbonyl (C=O) groups is 2. The van der Waals surface area contributed by atoms with Crippen LogP contribution in [0.1, 0.15) is 39.0 Å². The summed E-state index contributed by atoms with van der Waals surface area (Å²) in [4.78, 5) is 22.5. The maximum Gasteiger partial charge on any atom is 0.307 e.